The van der Waals surface area contributed by atoms with Gasteiger partial charge >= 0.3 is 0 Å². The van der Waals surface area contributed by atoms with Crippen LogP contribution in [-0.4, -0.2) is 21.4 Å². The summed E-state index contributed by atoms with van der Waals surface area (Å²) in [5, 5.41) is 3.30. The van der Waals surface area contributed by atoms with E-state index in [1.165, 1.54) is 39.1 Å². The molecule has 21 heavy (non-hydrogen) atoms. The summed E-state index contributed by atoms with van der Waals surface area (Å²) in [6.45, 7) is 6.49. The highest BCUT2D eigenvalue weighted by atomic mass is 15.1. The van der Waals surface area contributed by atoms with Crippen molar-refractivity contribution in [2.24, 2.45) is 0 Å². The van der Waals surface area contributed by atoms with Crippen molar-refractivity contribution in [2.75, 3.05) is 23.8 Å². The van der Waals surface area contributed by atoms with Gasteiger partial charge in [-0.15, -0.1) is 0 Å². The minimum absolute atomic E-state index is 1.02. The molecule has 0 saturated carbocycles. The van der Waals surface area contributed by atoms with E-state index in [1.54, 1.807) is 0 Å². The van der Waals surface area contributed by atoms with Crippen LogP contribution in [0.4, 0.5) is 11.4 Å². The van der Waals surface area contributed by atoms with Crippen LogP contribution in [0, 0.1) is 13.8 Å². The monoisotopic (exact) mass is 278 g/mol. The highest BCUT2D eigenvalue weighted by Gasteiger charge is 2.17. The molecular formula is C18H23BN2. The number of hydrogen-bond acceptors (Lipinski definition) is 2. The Labute approximate surface area is 128 Å². The molecule has 3 heteroatoms. The van der Waals surface area contributed by atoms with Gasteiger partial charge in [0.05, 0.1) is 0 Å². The fraction of sp³-hybridized carbons (Fsp3) is 0.333. The number of fused-ring (bicyclic) bond motifs is 1. The number of nitrogens with one attached hydrogen (secondary N) is 1. The molecule has 1 heterocycles. The third kappa shape index (κ3) is 2.65. The summed E-state index contributed by atoms with van der Waals surface area (Å²) < 4.78 is 0. The summed E-state index contributed by atoms with van der Waals surface area (Å²) in [7, 11) is 4.17. The zero-order valence-electron chi connectivity index (χ0n) is 13.5. The molecule has 2 nitrogen and oxygen atoms in total. The predicted octanol–water partition coefficient (Wildman–Crippen LogP) is 2.17. The Bertz CT molecular complexity index is 656. The van der Waals surface area contributed by atoms with E-state index in [0.717, 1.165) is 19.5 Å². The maximum Gasteiger partial charge on any atom is 0.139 e. The molecule has 0 unspecified atom stereocenters. The standard InChI is InChI=1S/C18H23BN2/c1-12-8-17(9-13(2)18(12)20-3)21-7-6-14-10-16(19)5-4-15(14)11-21/h4-5,8-10,20H,6-7,11,19H2,1-3H3. The smallest absolute Gasteiger partial charge is 0.139 e. The molecule has 1 aliphatic rings. The van der Waals surface area contributed by atoms with Gasteiger partial charge in [0, 0.05) is 31.5 Å². The highest BCUT2D eigenvalue weighted by Crippen LogP contribution is 2.30. The molecule has 0 atom stereocenters. The van der Waals surface area contributed by atoms with Gasteiger partial charge in [0.1, 0.15) is 7.85 Å². The van der Waals surface area contributed by atoms with Crippen LogP contribution in [0.3, 0.4) is 0 Å². The van der Waals surface area contributed by atoms with E-state index in [2.05, 4.69) is 62.2 Å². The van der Waals surface area contributed by atoms with Crippen molar-refractivity contribution in [1.82, 2.24) is 0 Å². The van der Waals surface area contributed by atoms with Gasteiger partial charge in [-0.25, -0.2) is 0 Å². The van der Waals surface area contributed by atoms with Crippen LogP contribution in [0.15, 0.2) is 30.3 Å². The first-order valence-corrected chi connectivity index (χ1v) is 7.71. The Hall–Kier alpha value is -1.90. The van der Waals surface area contributed by atoms with Crippen LogP contribution in [0.5, 0.6) is 0 Å². The minimum Gasteiger partial charge on any atom is -0.388 e. The van der Waals surface area contributed by atoms with E-state index in [1.807, 2.05) is 7.05 Å². The Morgan fingerprint density at radius 2 is 1.76 bits per heavy atom. The van der Waals surface area contributed by atoms with Crippen molar-refractivity contribution < 1.29 is 0 Å². The van der Waals surface area contributed by atoms with Crippen LogP contribution >= 0.6 is 0 Å². The molecular weight excluding hydrogens is 255 g/mol. The summed E-state index contributed by atoms with van der Waals surface area (Å²) in [5.41, 5.74) is 9.60. The number of aryl methyl sites for hydroxylation is 2. The van der Waals surface area contributed by atoms with Crippen molar-refractivity contribution in [3.05, 3.63) is 52.6 Å². The Balaban J connectivity index is 1.91. The van der Waals surface area contributed by atoms with Crippen molar-refractivity contribution >= 4 is 24.7 Å². The molecule has 2 aromatic rings. The summed E-state index contributed by atoms with van der Waals surface area (Å²) in [4.78, 5) is 2.50. The average molecular weight is 278 g/mol. The fourth-order valence-corrected chi connectivity index (χ4v) is 3.42. The second-order valence-electron chi connectivity index (χ2n) is 6.15. The Morgan fingerprint density at radius 3 is 2.43 bits per heavy atom. The van der Waals surface area contributed by atoms with Gasteiger partial charge in [-0.1, -0.05) is 23.7 Å². The number of nitrogens with zero attached hydrogens (tertiary/aromatic N) is 1. The molecule has 0 bridgehead atoms. The first-order chi connectivity index (χ1) is 10.1. The summed E-state index contributed by atoms with van der Waals surface area (Å²) in [6, 6.07) is 11.5. The van der Waals surface area contributed by atoms with Gasteiger partial charge in [0.2, 0.25) is 0 Å². The lowest BCUT2D eigenvalue weighted by atomic mass is 9.89. The second-order valence-corrected chi connectivity index (χ2v) is 6.15. The SMILES string of the molecule is Bc1ccc2c(c1)CCN(c1cc(C)c(NC)c(C)c1)C2. The lowest BCUT2D eigenvalue weighted by Crippen LogP contribution is -2.31. The van der Waals surface area contributed by atoms with Crippen molar-refractivity contribution in [1.29, 1.82) is 0 Å². The van der Waals surface area contributed by atoms with Crippen molar-refractivity contribution in [3.8, 4) is 0 Å². The highest BCUT2D eigenvalue weighted by molar-refractivity contribution is 6.32. The van der Waals surface area contributed by atoms with E-state index in [-0.39, 0.29) is 0 Å². The summed E-state index contributed by atoms with van der Waals surface area (Å²) in [5.74, 6) is 0. The molecule has 0 fully saturated rings. The van der Waals surface area contributed by atoms with E-state index in [4.69, 9.17) is 0 Å². The lowest BCUT2D eigenvalue weighted by Gasteiger charge is -2.32. The van der Waals surface area contributed by atoms with Gasteiger partial charge in [0.25, 0.3) is 0 Å². The molecule has 3 rings (SSSR count). The molecule has 1 N–H and O–H groups in total. The number of rotatable bonds is 2. The van der Waals surface area contributed by atoms with Crippen LogP contribution in [0.25, 0.3) is 0 Å². The normalized spacial score (nSPS) is 14.0. The van der Waals surface area contributed by atoms with Gasteiger partial charge in [-0.2, -0.15) is 0 Å². The van der Waals surface area contributed by atoms with Crippen LogP contribution < -0.4 is 15.7 Å². The fourth-order valence-electron chi connectivity index (χ4n) is 3.42. The number of benzene rings is 2. The molecule has 108 valence electrons. The van der Waals surface area contributed by atoms with Gasteiger partial charge in [-0.3, -0.25) is 0 Å². The lowest BCUT2D eigenvalue weighted by molar-refractivity contribution is 0.732. The molecule has 0 spiro atoms. The van der Waals surface area contributed by atoms with Crippen LogP contribution in [0.1, 0.15) is 22.3 Å². The van der Waals surface area contributed by atoms with Crippen LogP contribution in [0.2, 0.25) is 0 Å². The second kappa shape index (κ2) is 5.47. The van der Waals surface area contributed by atoms with Gasteiger partial charge in [-0.05, 0) is 54.7 Å². The summed E-state index contributed by atoms with van der Waals surface area (Å²) in [6.07, 6.45) is 1.14. The predicted molar refractivity (Wildman–Crippen MR) is 94.8 cm³/mol. The van der Waals surface area contributed by atoms with Gasteiger partial charge in [0.15, 0.2) is 0 Å². The zero-order valence-corrected chi connectivity index (χ0v) is 13.5. The topological polar surface area (TPSA) is 15.3 Å². The third-order valence-corrected chi connectivity index (χ3v) is 4.51. The zero-order chi connectivity index (χ0) is 15.0. The Kier molecular flexibility index (Phi) is 3.67. The van der Waals surface area contributed by atoms with E-state index < -0.39 is 0 Å². The maximum atomic E-state index is 3.30. The van der Waals surface area contributed by atoms with E-state index in [0.29, 0.717) is 0 Å². The first-order valence-electron chi connectivity index (χ1n) is 7.71. The molecule has 2 aromatic carbocycles. The quantitative estimate of drug-likeness (QED) is 0.847. The molecule has 0 saturated heterocycles. The minimum atomic E-state index is 1.02. The number of anilines is 2. The average Bonchev–Trinajstić information content (AvgIpc) is 2.46. The van der Waals surface area contributed by atoms with Gasteiger partial charge < -0.3 is 10.2 Å². The molecule has 0 amide bonds. The largest absolute Gasteiger partial charge is 0.388 e. The maximum absolute atomic E-state index is 3.30. The van der Waals surface area contributed by atoms with E-state index in [9.17, 15) is 0 Å². The molecule has 0 aliphatic carbocycles. The molecule has 1 aliphatic heterocycles. The van der Waals surface area contributed by atoms with Crippen LogP contribution in [-0.2, 0) is 13.0 Å². The van der Waals surface area contributed by atoms with Crippen molar-refractivity contribution in [2.45, 2.75) is 26.8 Å². The molecule has 0 radical (unpaired) electrons. The number of hydrogen-bond donors (Lipinski definition) is 1. The molecule has 0 aromatic heterocycles. The Morgan fingerprint density at radius 1 is 1.05 bits per heavy atom. The van der Waals surface area contributed by atoms with E-state index >= 15 is 0 Å². The summed E-state index contributed by atoms with van der Waals surface area (Å²) >= 11 is 0. The van der Waals surface area contributed by atoms with Crippen molar-refractivity contribution in [3.63, 3.8) is 0 Å². The first kappa shape index (κ1) is 14.1. The third-order valence-electron chi connectivity index (χ3n) is 4.51.